The number of aromatic nitrogens is 3. The number of nitrogens with one attached hydrogen (secondary N) is 1. The van der Waals surface area contributed by atoms with Crippen LogP contribution in [0.3, 0.4) is 0 Å². The SMILES string of the molecule is COc1cc(CNC(=O)c2cc(C3=NOC(c4ccncc4)C3)nc(C)n2)ccc1F. The lowest BCUT2D eigenvalue weighted by molar-refractivity contribution is 0.0856. The maximum absolute atomic E-state index is 13.6. The Morgan fingerprint density at radius 1 is 1.23 bits per heavy atom. The van der Waals surface area contributed by atoms with Crippen LogP contribution < -0.4 is 10.1 Å². The van der Waals surface area contributed by atoms with Gasteiger partial charge in [-0.1, -0.05) is 11.2 Å². The minimum atomic E-state index is -0.460. The van der Waals surface area contributed by atoms with E-state index in [1.54, 1.807) is 31.5 Å². The van der Waals surface area contributed by atoms with Crippen LogP contribution in [0.4, 0.5) is 4.39 Å². The third-order valence-corrected chi connectivity index (χ3v) is 4.78. The molecule has 1 atom stereocenters. The number of nitrogens with zero attached hydrogens (tertiary/aromatic N) is 4. The normalized spacial score (nSPS) is 15.2. The molecule has 1 aliphatic heterocycles. The van der Waals surface area contributed by atoms with Crippen molar-refractivity contribution in [2.75, 3.05) is 7.11 Å². The van der Waals surface area contributed by atoms with Crippen molar-refractivity contribution in [1.82, 2.24) is 20.3 Å². The van der Waals surface area contributed by atoms with Gasteiger partial charge in [0, 0.05) is 25.4 Å². The zero-order valence-electron chi connectivity index (χ0n) is 17.0. The molecule has 1 aromatic carbocycles. The fraction of sp³-hybridized carbons (Fsp3) is 0.227. The van der Waals surface area contributed by atoms with Crippen molar-refractivity contribution in [3.05, 3.63) is 82.9 Å². The lowest BCUT2D eigenvalue weighted by Gasteiger charge is -2.09. The van der Waals surface area contributed by atoms with Gasteiger partial charge in [-0.25, -0.2) is 14.4 Å². The molecule has 0 saturated heterocycles. The minimum Gasteiger partial charge on any atom is -0.494 e. The first-order valence-corrected chi connectivity index (χ1v) is 9.63. The van der Waals surface area contributed by atoms with Gasteiger partial charge in [-0.15, -0.1) is 0 Å². The molecule has 31 heavy (non-hydrogen) atoms. The highest BCUT2D eigenvalue weighted by Crippen LogP contribution is 2.28. The molecule has 1 aliphatic rings. The number of hydrogen-bond acceptors (Lipinski definition) is 7. The van der Waals surface area contributed by atoms with E-state index in [4.69, 9.17) is 9.57 Å². The van der Waals surface area contributed by atoms with Gasteiger partial charge in [0.2, 0.25) is 0 Å². The first-order valence-electron chi connectivity index (χ1n) is 9.63. The Balaban J connectivity index is 1.46. The van der Waals surface area contributed by atoms with Crippen molar-refractivity contribution >= 4 is 11.6 Å². The number of carbonyl (C=O) groups excluding carboxylic acids is 1. The quantitative estimate of drug-likeness (QED) is 0.657. The molecule has 1 unspecified atom stereocenters. The van der Waals surface area contributed by atoms with Crippen LogP contribution in [0.25, 0.3) is 0 Å². The van der Waals surface area contributed by atoms with E-state index in [1.807, 2.05) is 12.1 Å². The van der Waals surface area contributed by atoms with Gasteiger partial charge in [-0.3, -0.25) is 9.78 Å². The largest absolute Gasteiger partial charge is 0.494 e. The summed E-state index contributed by atoms with van der Waals surface area (Å²) in [5.41, 5.74) is 3.06. The van der Waals surface area contributed by atoms with E-state index >= 15 is 0 Å². The number of pyridine rings is 1. The van der Waals surface area contributed by atoms with Crippen LogP contribution >= 0.6 is 0 Å². The van der Waals surface area contributed by atoms with Gasteiger partial charge in [0.15, 0.2) is 17.7 Å². The molecular formula is C22H20FN5O3. The van der Waals surface area contributed by atoms with E-state index in [0.29, 0.717) is 29.2 Å². The average Bonchev–Trinajstić information content (AvgIpc) is 3.29. The molecule has 3 aromatic rings. The predicted octanol–water partition coefficient (Wildman–Crippen LogP) is 3.12. The summed E-state index contributed by atoms with van der Waals surface area (Å²) in [6, 6.07) is 9.75. The summed E-state index contributed by atoms with van der Waals surface area (Å²) >= 11 is 0. The second kappa shape index (κ2) is 8.86. The van der Waals surface area contributed by atoms with Crippen molar-refractivity contribution in [3.63, 3.8) is 0 Å². The number of methoxy groups -OCH3 is 1. The van der Waals surface area contributed by atoms with E-state index in [-0.39, 0.29) is 30.0 Å². The third-order valence-electron chi connectivity index (χ3n) is 4.78. The van der Waals surface area contributed by atoms with E-state index in [0.717, 1.165) is 5.56 Å². The molecule has 0 aliphatic carbocycles. The zero-order chi connectivity index (χ0) is 21.8. The summed E-state index contributed by atoms with van der Waals surface area (Å²) in [6.45, 7) is 1.91. The number of ether oxygens (including phenoxy) is 1. The predicted molar refractivity (Wildman–Crippen MR) is 110 cm³/mol. The maximum atomic E-state index is 13.6. The summed E-state index contributed by atoms with van der Waals surface area (Å²) in [5.74, 6) is -0.269. The van der Waals surface area contributed by atoms with Gasteiger partial charge < -0.3 is 14.9 Å². The molecule has 0 fully saturated rings. The number of benzene rings is 1. The van der Waals surface area contributed by atoms with E-state index in [1.165, 1.54) is 19.2 Å². The number of rotatable bonds is 6. The van der Waals surface area contributed by atoms with Crippen LogP contribution in [-0.4, -0.2) is 33.7 Å². The van der Waals surface area contributed by atoms with Gasteiger partial charge in [0.05, 0.1) is 12.8 Å². The second-order valence-electron chi connectivity index (χ2n) is 6.95. The summed E-state index contributed by atoms with van der Waals surface area (Å²) in [4.78, 5) is 30.8. The molecule has 0 spiro atoms. The first kappa shape index (κ1) is 20.4. The molecule has 0 saturated carbocycles. The van der Waals surface area contributed by atoms with Crippen molar-refractivity contribution < 1.29 is 18.8 Å². The Hall–Kier alpha value is -3.88. The van der Waals surface area contributed by atoms with Crippen LogP contribution in [0, 0.1) is 12.7 Å². The molecule has 1 N–H and O–H groups in total. The second-order valence-corrected chi connectivity index (χ2v) is 6.95. The molecule has 9 heteroatoms. The van der Waals surface area contributed by atoms with Crippen LogP contribution in [-0.2, 0) is 11.4 Å². The van der Waals surface area contributed by atoms with E-state index in [9.17, 15) is 9.18 Å². The standard InChI is InChI=1S/C22H20FN5O3/c1-13-26-17(18-11-20(31-28-18)15-5-7-24-8-6-15)10-19(27-13)22(29)25-12-14-3-4-16(23)21(9-14)30-2/h3-10,20H,11-12H2,1-2H3,(H,25,29). The number of oxime groups is 1. The highest BCUT2D eigenvalue weighted by atomic mass is 19.1. The molecule has 158 valence electrons. The van der Waals surface area contributed by atoms with Crippen LogP contribution in [0.15, 0.2) is 53.9 Å². The smallest absolute Gasteiger partial charge is 0.270 e. The molecule has 3 heterocycles. The van der Waals surface area contributed by atoms with Crippen LogP contribution in [0.2, 0.25) is 0 Å². The Morgan fingerprint density at radius 2 is 2.03 bits per heavy atom. The van der Waals surface area contributed by atoms with Gasteiger partial charge >= 0.3 is 0 Å². The third kappa shape index (κ3) is 4.66. The number of aryl methyl sites for hydroxylation is 1. The van der Waals surface area contributed by atoms with Crippen molar-refractivity contribution in [3.8, 4) is 5.75 Å². The zero-order valence-corrected chi connectivity index (χ0v) is 17.0. The summed E-state index contributed by atoms with van der Waals surface area (Å²) in [7, 11) is 1.39. The molecule has 1 amide bonds. The van der Waals surface area contributed by atoms with Crippen molar-refractivity contribution in [2.24, 2.45) is 5.16 Å². The Bertz CT molecular complexity index is 1140. The Morgan fingerprint density at radius 3 is 2.81 bits per heavy atom. The first-order chi connectivity index (χ1) is 15.0. The Labute approximate surface area is 178 Å². The molecule has 0 radical (unpaired) electrons. The van der Waals surface area contributed by atoms with E-state index in [2.05, 4.69) is 25.4 Å². The van der Waals surface area contributed by atoms with Crippen molar-refractivity contribution in [2.45, 2.75) is 26.0 Å². The van der Waals surface area contributed by atoms with Crippen molar-refractivity contribution in [1.29, 1.82) is 0 Å². The number of amides is 1. The van der Waals surface area contributed by atoms with E-state index < -0.39 is 5.82 Å². The molecule has 8 nitrogen and oxygen atoms in total. The summed E-state index contributed by atoms with van der Waals surface area (Å²) in [6.07, 6.45) is 3.70. The Kier molecular flexibility index (Phi) is 5.83. The lowest BCUT2D eigenvalue weighted by Crippen LogP contribution is -2.25. The highest BCUT2D eigenvalue weighted by molar-refractivity contribution is 6.02. The average molecular weight is 421 g/mol. The summed E-state index contributed by atoms with van der Waals surface area (Å²) < 4.78 is 18.5. The van der Waals surface area contributed by atoms with Gasteiger partial charge in [0.25, 0.3) is 5.91 Å². The molecular weight excluding hydrogens is 401 g/mol. The number of hydrogen-bond donors (Lipinski definition) is 1. The molecule has 2 aromatic heterocycles. The number of carbonyl (C=O) groups is 1. The summed E-state index contributed by atoms with van der Waals surface area (Å²) in [5, 5.41) is 6.93. The maximum Gasteiger partial charge on any atom is 0.270 e. The lowest BCUT2D eigenvalue weighted by atomic mass is 10.0. The fourth-order valence-electron chi connectivity index (χ4n) is 3.20. The molecule has 4 rings (SSSR count). The van der Waals surface area contributed by atoms with Gasteiger partial charge in [-0.2, -0.15) is 0 Å². The van der Waals surface area contributed by atoms with Gasteiger partial charge in [0.1, 0.15) is 17.2 Å². The van der Waals surface area contributed by atoms with Crippen LogP contribution in [0.5, 0.6) is 5.75 Å². The minimum absolute atomic E-state index is 0.120. The van der Waals surface area contributed by atoms with Gasteiger partial charge in [-0.05, 0) is 48.4 Å². The monoisotopic (exact) mass is 421 g/mol. The fourth-order valence-corrected chi connectivity index (χ4v) is 3.20. The number of halogens is 1. The molecule has 0 bridgehead atoms. The topological polar surface area (TPSA) is 98.6 Å². The highest BCUT2D eigenvalue weighted by Gasteiger charge is 2.25. The van der Waals surface area contributed by atoms with Crippen LogP contribution in [0.1, 0.15) is 45.7 Å².